The first-order valence-corrected chi connectivity index (χ1v) is 9.01. The van der Waals surface area contributed by atoms with Gasteiger partial charge in [0.05, 0.1) is 11.0 Å². The molecule has 1 aromatic carbocycles. The van der Waals surface area contributed by atoms with Crippen LogP contribution in [0.1, 0.15) is 16.1 Å². The van der Waals surface area contributed by atoms with Gasteiger partial charge in [-0.3, -0.25) is 14.9 Å². The van der Waals surface area contributed by atoms with Gasteiger partial charge in [-0.1, -0.05) is 12.1 Å². The molecule has 11 nitrogen and oxygen atoms in total. The lowest BCUT2D eigenvalue weighted by Gasteiger charge is -2.06. The minimum Gasteiger partial charge on any atom is -0.450 e. The molecule has 2 rings (SSSR count). The molecular formula is C15H15N3O8S. The first-order chi connectivity index (χ1) is 12.7. The standard InChI is InChI=1S/C15H15N3O8S/c16-27(23,24)11-3-1-10(2-4-11)7-8-17-13(19)9-25-15(20)12-5-6-14(26-12)18(21)22/h1-6H,7-9H2,(H,17,19)(H2,16,23,24). The molecule has 0 fully saturated rings. The van der Waals surface area contributed by atoms with Gasteiger partial charge in [0.15, 0.2) is 6.61 Å². The Labute approximate surface area is 153 Å². The Hall–Kier alpha value is -3.25. The Balaban J connectivity index is 1.74. The zero-order valence-corrected chi connectivity index (χ0v) is 14.6. The van der Waals surface area contributed by atoms with Gasteiger partial charge in [0.25, 0.3) is 5.91 Å². The fourth-order valence-corrected chi connectivity index (χ4v) is 2.50. The summed E-state index contributed by atoms with van der Waals surface area (Å²) in [6.07, 6.45) is 0.412. The highest BCUT2D eigenvalue weighted by Crippen LogP contribution is 2.16. The lowest BCUT2D eigenvalue weighted by atomic mass is 10.1. The van der Waals surface area contributed by atoms with Gasteiger partial charge >= 0.3 is 11.9 Å². The van der Waals surface area contributed by atoms with Crippen LogP contribution in [0.25, 0.3) is 0 Å². The first-order valence-electron chi connectivity index (χ1n) is 7.46. The summed E-state index contributed by atoms with van der Waals surface area (Å²) in [5.41, 5.74) is 0.766. The van der Waals surface area contributed by atoms with Crippen molar-refractivity contribution in [2.45, 2.75) is 11.3 Å². The van der Waals surface area contributed by atoms with Crippen LogP contribution in [0.15, 0.2) is 45.7 Å². The number of carbonyl (C=O) groups is 2. The molecule has 0 saturated heterocycles. The number of furan rings is 1. The van der Waals surface area contributed by atoms with Gasteiger partial charge in [0, 0.05) is 6.54 Å². The molecule has 12 heteroatoms. The van der Waals surface area contributed by atoms with Crippen molar-refractivity contribution in [2.75, 3.05) is 13.2 Å². The van der Waals surface area contributed by atoms with Gasteiger partial charge < -0.3 is 14.5 Å². The molecule has 3 N–H and O–H groups in total. The summed E-state index contributed by atoms with van der Waals surface area (Å²) in [5.74, 6) is -2.58. The molecule has 0 spiro atoms. The minimum atomic E-state index is -3.76. The third kappa shape index (κ3) is 5.90. The van der Waals surface area contributed by atoms with Crippen molar-refractivity contribution in [1.29, 1.82) is 0 Å². The topological polar surface area (TPSA) is 172 Å². The summed E-state index contributed by atoms with van der Waals surface area (Å²) in [5, 5.41) is 18.0. The van der Waals surface area contributed by atoms with Gasteiger partial charge in [-0.05, 0) is 30.2 Å². The Bertz CT molecular complexity index is 950. The quantitative estimate of drug-likeness (QED) is 0.365. The number of hydrogen-bond donors (Lipinski definition) is 2. The zero-order chi connectivity index (χ0) is 20.0. The third-order valence-corrected chi connectivity index (χ3v) is 4.22. The van der Waals surface area contributed by atoms with Crippen LogP contribution in [-0.4, -0.2) is 38.4 Å². The molecule has 0 saturated carbocycles. The van der Waals surface area contributed by atoms with Gasteiger partial charge in [0.2, 0.25) is 15.8 Å². The third-order valence-electron chi connectivity index (χ3n) is 3.30. The maximum atomic E-state index is 11.6. The van der Waals surface area contributed by atoms with E-state index in [1.807, 2.05) is 0 Å². The summed E-state index contributed by atoms with van der Waals surface area (Å²) in [6, 6.07) is 7.92. The van der Waals surface area contributed by atoms with Crippen LogP contribution in [0.2, 0.25) is 0 Å². The van der Waals surface area contributed by atoms with E-state index in [9.17, 15) is 28.1 Å². The number of benzene rings is 1. The molecule has 0 aliphatic carbocycles. The Kier molecular flexibility index (Phi) is 6.26. The summed E-state index contributed by atoms with van der Waals surface area (Å²) in [6.45, 7) is -0.366. The number of nitrogens with zero attached hydrogens (tertiary/aromatic N) is 1. The molecule has 1 aromatic heterocycles. The highest BCUT2D eigenvalue weighted by atomic mass is 32.2. The van der Waals surface area contributed by atoms with Crippen LogP contribution in [0.5, 0.6) is 0 Å². The molecule has 27 heavy (non-hydrogen) atoms. The number of esters is 1. The molecule has 0 aliphatic heterocycles. The summed E-state index contributed by atoms with van der Waals surface area (Å²) in [4.78, 5) is 32.9. The van der Waals surface area contributed by atoms with E-state index >= 15 is 0 Å². The molecule has 1 amide bonds. The maximum absolute atomic E-state index is 11.6. The fraction of sp³-hybridized carbons (Fsp3) is 0.200. The molecule has 0 aliphatic rings. The first kappa shape index (κ1) is 20.1. The Morgan fingerprint density at radius 2 is 1.85 bits per heavy atom. The van der Waals surface area contributed by atoms with E-state index in [-0.39, 0.29) is 17.2 Å². The predicted octanol–water partition coefficient (Wildman–Crippen LogP) is 0.351. The Morgan fingerprint density at radius 3 is 2.41 bits per heavy atom. The summed E-state index contributed by atoms with van der Waals surface area (Å²) < 4.78 is 31.6. The van der Waals surface area contributed by atoms with Crippen LogP contribution in [0, 0.1) is 10.1 Å². The van der Waals surface area contributed by atoms with E-state index in [1.54, 1.807) is 12.1 Å². The highest BCUT2D eigenvalue weighted by Gasteiger charge is 2.19. The molecule has 0 atom stereocenters. The van der Waals surface area contributed by atoms with E-state index in [4.69, 9.17) is 9.88 Å². The Morgan fingerprint density at radius 1 is 1.19 bits per heavy atom. The molecule has 2 aromatic rings. The number of amides is 1. The second-order valence-electron chi connectivity index (χ2n) is 5.26. The average Bonchev–Trinajstić information content (AvgIpc) is 3.10. The largest absolute Gasteiger partial charge is 0.450 e. The van der Waals surface area contributed by atoms with Gasteiger partial charge in [0.1, 0.15) is 4.92 Å². The summed E-state index contributed by atoms with van der Waals surface area (Å²) >= 11 is 0. The molecular weight excluding hydrogens is 382 g/mol. The number of sulfonamides is 1. The highest BCUT2D eigenvalue weighted by molar-refractivity contribution is 7.89. The van der Waals surface area contributed by atoms with Gasteiger partial charge in [-0.15, -0.1) is 0 Å². The lowest BCUT2D eigenvalue weighted by molar-refractivity contribution is -0.402. The fourth-order valence-electron chi connectivity index (χ4n) is 1.98. The number of nitrogens with two attached hydrogens (primary N) is 1. The number of primary sulfonamides is 1. The number of nitro groups is 1. The van der Waals surface area contributed by atoms with Crippen LogP contribution < -0.4 is 10.5 Å². The smallest absolute Gasteiger partial charge is 0.433 e. The predicted molar refractivity (Wildman–Crippen MR) is 90.2 cm³/mol. The molecule has 0 radical (unpaired) electrons. The van der Waals surface area contributed by atoms with E-state index in [0.717, 1.165) is 17.7 Å². The number of hydrogen-bond acceptors (Lipinski definition) is 8. The van der Waals surface area contributed by atoms with Crippen LogP contribution in [-0.2, 0) is 26.0 Å². The maximum Gasteiger partial charge on any atom is 0.433 e. The number of nitrogens with one attached hydrogen (secondary N) is 1. The summed E-state index contributed by atoms with van der Waals surface area (Å²) in [7, 11) is -3.76. The normalized spacial score (nSPS) is 11.0. The number of ether oxygens (including phenoxy) is 1. The van der Waals surface area contributed by atoms with Crippen molar-refractivity contribution in [3.8, 4) is 0 Å². The van der Waals surface area contributed by atoms with Crippen molar-refractivity contribution in [3.05, 3.63) is 57.8 Å². The van der Waals surface area contributed by atoms with Crippen LogP contribution in [0.4, 0.5) is 5.88 Å². The van der Waals surface area contributed by atoms with E-state index in [1.165, 1.54) is 12.1 Å². The number of rotatable bonds is 8. The van der Waals surface area contributed by atoms with Crippen molar-refractivity contribution in [1.82, 2.24) is 5.32 Å². The monoisotopic (exact) mass is 397 g/mol. The van der Waals surface area contributed by atoms with Crippen molar-refractivity contribution in [2.24, 2.45) is 5.14 Å². The van der Waals surface area contributed by atoms with E-state index < -0.39 is 39.3 Å². The van der Waals surface area contributed by atoms with Gasteiger partial charge in [-0.2, -0.15) is 0 Å². The SMILES string of the molecule is NS(=O)(=O)c1ccc(CCNC(=O)COC(=O)c2ccc([N+](=O)[O-])o2)cc1. The molecule has 0 unspecified atom stereocenters. The number of carbonyl (C=O) groups excluding carboxylic acids is 2. The lowest BCUT2D eigenvalue weighted by Crippen LogP contribution is -2.30. The second kappa shape index (κ2) is 8.42. The molecule has 0 bridgehead atoms. The van der Waals surface area contributed by atoms with Crippen molar-refractivity contribution in [3.63, 3.8) is 0 Å². The van der Waals surface area contributed by atoms with Crippen molar-refractivity contribution >= 4 is 27.8 Å². The average molecular weight is 397 g/mol. The molecule has 1 heterocycles. The minimum absolute atomic E-state index is 0.0136. The van der Waals surface area contributed by atoms with E-state index in [0.29, 0.717) is 6.42 Å². The van der Waals surface area contributed by atoms with Crippen LogP contribution in [0.3, 0.4) is 0 Å². The van der Waals surface area contributed by atoms with E-state index in [2.05, 4.69) is 9.73 Å². The van der Waals surface area contributed by atoms with Crippen molar-refractivity contribution < 1.29 is 32.1 Å². The second-order valence-corrected chi connectivity index (χ2v) is 6.82. The molecule has 144 valence electrons. The van der Waals surface area contributed by atoms with Gasteiger partial charge in [-0.25, -0.2) is 18.4 Å². The zero-order valence-electron chi connectivity index (χ0n) is 13.8. The van der Waals surface area contributed by atoms with Crippen LogP contribution >= 0.6 is 0 Å².